The van der Waals surface area contributed by atoms with Gasteiger partial charge in [0.05, 0.1) is 0 Å². The van der Waals surface area contributed by atoms with Gasteiger partial charge in [0.15, 0.2) is 0 Å². The summed E-state index contributed by atoms with van der Waals surface area (Å²) in [5, 5.41) is 2.93. The van der Waals surface area contributed by atoms with E-state index in [-0.39, 0.29) is 18.3 Å². The van der Waals surface area contributed by atoms with Gasteiger partial charge in [-0.3, -0.25) is 4.79 Å². The Hall–Kier alpha value is -0.540. The molecule has 0 bridgehead atoms. The second-order valence-corrected chi connectivity index (χ2v) is 4.54. The lowest BCUT2D eigenvalue weighted by Gasteiger charge is -2.04. The number of hydrogen-bond acceptors (Lipinski definition) is 1. The van der Waals surface area contributed by atoms with Crippen LogP contribution in [0.25, 0.3) is 0 Å². The first kappa shape index (κ1) is 12.5. The summed E-state index contributed by atoms with van der Waals surface area (Å²) >= 11 is 3.40. The van der Waals surface area contributed by atoms with Gasteiger partial charge in [0, 0.05) is 16.9 Å². The highest BCUT2D eigenvalue weighted by molar-refractivity contribution is 9.10. The van der Waals surface area contributed by atoms with Gasteiger partial charge in [-0.25, -0.2) is 0 Å². The molecule has 1 aliphatic rings. The Balaban J connectivity index is 0.00000112. The predicted octanol–water partition coefficient (Wildman–Crippen LogP) is 2.90. The van der Waals surface area contributed by atoms with Crippen LogP contribution in [0.2, 0.25) is 0 Å². The first-order valence-corrected chi connectivity index (χ1v) is 5.57. The molecule has 1 amide bonds. The van der Waals surface area contributed by atoms with Gasteiger partial charge in [-0.2, -0.15) is 0 Å². The molecule has 1 aromatic carbocycles. The second kappa shape index (κ2) is 5.52. The minimum atomic E-state index is 0. The van der Waals surface area contributed by atoms with Crippen LogP contribution >= 0.6 is 28.3 Å². The number of hydrogen-bond donors (Lipinski definition) is 1. The number of amides is 1. The van der Waals surface area contributed by atoms with E-state index in [4.69, 9.17) is 0 Å². The van der Waals surface area contributed by atoms with E-state index in [1.54, 1.807) is 0 Å². The SMILES string of the molecule is Cl.O=C(NCc1cccc(Br)c1)C1CC1. The van der Waals surface area contributed by atoms with Crippen molar-refractivity contribution in [1.29, 1.82) is 0 Å². The summed E-state index contributed by atoms with van der Waals surface area (Å²) in [6.45, 7) is 0.634. The quantitative estimate of drug-likeness (QED) is 0.911. The summed E-state index contributed by atoms with van der Waals surface area (Å²) in [7, 11) is 0. The fourth-order valence-corrected chi connectivity index (χ4v) is 1.77. The summed E-state index contributed by atoms with van der Waals surface area (Å²) in [6.07, 6.45) is 2.12. The Labute approximate surface area is 104 Å². The van der Waals surface area contributed by atoms with Crippen molar-refractivity contribution in [2.24, 2.45) is 5.92 Å². The van der Waals surface area contributed by atoms with Crippen molar-refractivity contribution in [3.05, 3.63) is 34.3 Å². The van der Waals surface area contributed by atoms with Crippen LogP contribution in [0.4, 0.5) is 0 Å². The molecule has 1 N–H and O–H groups in total. The van der Waals surface area contributed by atoms with Crippen molar-refractivity contribution in [2.75, 3.05) is 0 Å². The molecule has 0 aliphatic heterocycles. The Morgan fingerprint density at radius 2 is 2.20 bits per heavy atom. The van der Waals surface area contributed by atoms with Crippen LogP contribution in [0, 0.1) is 5.92 Å². The van der Waals surface area contributed by atoms with Crippen LogP contribution < -0.4 is 5.32 Å². The van der Waals surface area contributed by atoms with E-state index < -0.39 is 0 Å². The zero-order valence-electron chi connectivity index (χ0n) is 8.20. The number of carbonyl (C=O) groups excluding carboxylic acids is 1. The first-order chi connectivity index (χ1) is 6.75. The van der Waals surface area contributed by atoms with Crippen LogP contribution in [0.3, 0.4) is 0 Å². The third-order valence-electron chi connectivity index (χ3n) is 2.30. The highest BCUT2D eigenvalue weighted by Gasteiger charge is 2.29. The average molecular weight is 291 g/mol. The Morgan fingerprint density at radius 1 is 1.47 bits per heavy atom. The first-order valence-electron chi connectivity index (χ1n) is 4.78. The molecule has 2 nitrogen and oxygen atoms in total. The molecule has 0 heterocycles. The monoisotopic (exact) mass is 289 g/mol. The van der Waals surface area contributed by atoms with Crippen LogP contribution in [-0.4, -0.2) is 5.91 Å². The van der Waals surface area contributed by atoms with Crippen molar-refractivity contribution in [1.82, 2.24) is 5.32 Å². The summed E-state index contributed by atoms with van der Waals surface area (Å²) in [6, 6.07) is 7.99. The minimum absolute atomic E-state index is 0. The van der Waals surface area contributed by atoms with Crippen molar-refractivity contribution < 1.29 is 4.79 Å². The van der Waals surface area contributed by atoms with E-state index in [1.165, 1.54) is 0 Å². The summed E-state index contributed by atoms with van der Waals surface area (Å²) < 4.78 is 1.05. The van der Waals surface area contributed by atoms with Gasteiger partial charge in [0.25, 0.3) is 0 Å². The number of halogens is 2. The van der Waals surface area contributed by atoms with Crippen LogP contribution in [0.5, 0.6) is 0 Å². The predicted molar refractivity (Wildman–Crippen MR) is 66.0 cm³/mol. The zero-order chi connectivity index (χ0) is 9.97. The molecule has 1 aliphatic carbocycles. The summed E-state index contributed by atoms with van der Waals surface area (Å²) in [5.41, 5.74) is 1.13. The van der Waals surface area contributed by atoms with E-state index in [9.17, 15) is 4.79 Å². The van der Waals surface area contributed by atoms with Crippen LogP contribution in [0.15, 0.2) is 28.7 Å². The van der Waals surface area contributed by atoms with Crippen LogP contribution in [0.1, 0.15) is 18.4 Å². The lowest BCUT2D eigenvalue weighted by molar-refractivity contribution is -0.122. The van der Waals surface area contributed by atoms with Crippen molar-refractivity contribution in [3.63, 3.8) is 0 Å². The van der Waals surface area contributed by atoms with Gasteiger partial charge in [-0.15, -0.1) is 12.4 Å². The molecule has 0 aromatic heterocycles. The van der Waals surface area contributed by atoms with Gasteiger partial charge in [-0.1, -0.05) is 28.1 Å². The lowest BCUT2D eigenvalue weighted by Crippen LogP contribution is -2.24. The average Bonchev–Trinajstić information content (AvgIpc) is 2.97. The van der Waals surface area contributed by atoms with Gasteiger partial charge in [-0.05, 0) is 30.5 Å². The molecule has 1 aromatic rings. The molecule has 15 heavy (non-hydrogen) atoms. The maximum Gasteiger partial charge on any atom is 0.223 e. The topological polar surface area (TPSA) is 29.1 Å². The maximum atomic E-state index is 11.3. The third-order valence-corrected chi connectivity index (χ3v) is 2.80. The lowest BCUT2D eigenvalue weighted by atomic mass is 10.2. The molecule has 0 spiro atoms. The molecule has 0 unspecified atom stereocenters. The van der Waals surface area contributed by atoms with Gasteiger partial charge in [0.1, 0.15) is 0 Å². The molecule has 4 heteroatoms. The summed E-state index contributed by atoms with van der Waals surface area (Å²) in [4.78, 5) is 11.3. The smallest absolute Gasteiger partial charge is 0.223 e. The third kappa shape index (κ3) is 3.84. The molecular weight excluding hydrogens is 277 g/mol. The Morgan fingerprint density at radius 3 is 2.80 bits per heavy atom. The number of carbonyl (C=O) groups is 1. The molecule has 0 atom stereocenters. The largest absolute Gasteiger partial charge is 0.352 e. The number of rotatable bonds is 3. The van der Waals surface area contributed by atoms with E-state index in [2.05, 4.69) is 21.2 Å². The molecule has 2 rings (SSSR count). The molecule has 1 saturated carbocycles. The zero-order valence-corrected chi connectivity index (χ0v) is 10.6. The normalized spacial score (nSPS) is 14.2. The standard InChI is InChI=1S/C11H12BrNO.ClH/c12-10-3-1-2-8(6-10)7-13-11(14)9-4-5-9;/h1-3,6,9H,4-5,7H2,(H,13,14);1H. The molecule has 0 radical (unpaired) electrons. The molecule has 82 valence electrons. The fraction of sp³-hybridized carbons (Fsp3) is 0.364. The Bertz CT molecular complexity index is 352. The molecular formula is C11H13BrClNO. The van der Waals surface area contributed by atoms with E-state index in [0.29, 0.717) is 12.5 Å². The number of benzene rings is 1. The van der Waals surface area contributed by atoms with Crippen LogP contribution in [-0.2, 0) is 11.3 Å². The Kier molecular flexibility index (Phi) is 4.61. The van der Waals surface area contributed by atoms with Crippen molar-refractivity contribution in [3.8, 4) is 0 Å². The highest BCUT2D eigenvalue weighted by atomic mass is 79.9. The van der Waals surface area contributed by atoms with E-state index in [0.717, 1.165) is 22.9 Å². The molecule has 1 fully saturated rings. The summed E-state index contributed by atoms with van der Waals surface area (Å²) in [5.74, 6) is 0.493. The van der Waals surface area contributed by atoms with Gasteiger partial charge >= 0.3 is 0 Å². The minimum Gasteiger partial charge on any atom is -0.352 e. The van der Waals surface area contributed by atoms with Crippen molar-refractivity contribution in [2.45, 2.75) is 19.4 Å². The van der Waals surface area contributed by atoms with Gasteiger partial charge < -0.3 is 5.32 Å². The van der Waals surface area contributed by atoms with E-state index in [1.807, 2.05) is 24.3 Å². The van der Waals surface area contributed by atoms with Crippen molar-refractivity contribution >= 4 is 34.2 Å². The second-order valence-electron chi connectivity index (χ2n) is 3.62. The number of nitrogens with one attached hydrogen (secondary N) is 1. The highest BCUT2D eigenvalue weighted by Crippen LogP contribution is 2.28. The molecule has 0 saturated heterocycles. The van der Waals surface area contributed by atoms with Gasteiger partial charge in [0.2, 0.25) is 5.91 Å². The van der Waals surface area contributed by atoms with E-state index >= 15 is 0 Å². The maximum absolute atomic E-state index is 11.3. The fourth-order valence-electron chi connectivity index (χ4n) is 1.33.